The van der Waals surface area contributed by atoms with Crippen molar-refractivity contribution in [2.75, 3.05) is 19.8 Å². The van der Waals surface area contributed by atoms with Gasteiger partial charge in [0.25, 0.3) is 5.91 Å². The molecule has 1 saturated heterocycles. The van der Waals surface area contributed by atoms with E-state index in [9.17, 15) is 9.59 Å². The van der Waals surface area contributed by atoms with E-state index in [0.717, 1.165) is 24.3 Å². The molecule has 146 valence electrons. The summed E-state index contributed by atoms with van der Waals surface area (Å²) in [5.41, 5.74) is 2.19. The first-order valence-electron chi connectivity index (χ1n) is 9.30. The van der Waals surface area contributed by atoms with Crippen LogP contribution in [-0.2, 0) is 16.0 Å². The van der Waals surface area contributed by atoms with Crippen molar-refractivity contribution in [3.63, 3.8) is 0 Å². The van der Waals surface area contributed by atoms with Crippen molar-refractivity contribution in [3.8, 4) is 0 Å². The van der Waals surface area contributed by atoms with Gasteiger partial charge >= 0.3 is 5.97 Å². The molecule has 0 bridgehead atoms. The Morgan fingerprint density at radius 3 is 2.85 bits per heavy atom. The zero-order valence-electron chi connectivity index (χ0n) is 16.0. The molecule has 0 aromatic carbocycles. The lowest BCUT2D eigenvalue weighted by atomic mass is 10.1. The summed E-state index contributed by atoms with van der Waals surface area (Å²) >= 11 is 1.63. The number of rotatable bonds is 7. The van der Waals surface area contributed by atoms with E-state index < -0.39 is 5.97 Å². The van der Waals surface area contributed by atoms with Crippen LogP contribution in [0.15, 0.2) is 17.5 Å². The van der Waals surface area contributed by atoms with Gasteiger partial charge in [-0.3, -0.25) is 4.79 Å². The van der Waals surface area contributed by atoms with Crippen LogP contribution in [0, 0.1) is 13.8 Å². The average Bonchev–Trinajstić information content (AvgIpc) is 3.37. The van der Waals surface area contributed by atoms with Gasteiger partial charge in [-0.2, -0.15) is 0 Å². The number of thiophene rings is 1. The summed E-state index contributed by atoms with van der Waals surface area (Å²) in [6.45, 7) is 7.48. The maximum absolute atomic E-state index is 13.3. The Kier molecular flexibility index (Phi) is 6.34. The minimum Gasteiger partial charge on any atom is -0.462 e. The molecule has 0 spiro atoms. The van der Waals surface area contributed by atoms with Crippen LogP contribution in [0.3, 0.4) is 0 Å². The van der Waals surface area contributed by atoms with Crippen molar-refractivity contribution in [1.29, 1.82) is 0 Å². The Morgan fingerprint density at radius 1 is 1.41 bits per heavy atom. The molecule has 0 radical (unpaired) electrons. The van der Waals surface area contributed by atoms with E-state index in [1.807, 2.05) is 22.4 Å². The van der Waals surface area contributed by atoms with Crippen molar-refractivity contribution in [2.45, 2.75) is 46.3 Å². The van der Waals surface area contributed by atoms with Gasteiger partial charge < -0.3 is 19.4 Å². The van der Waals surface area contributed by atoms with Crippen LogP contribution >= 0.6 is 11.3 Å². The topological polar surface area (TPSA) is 71.6 Å². The predicted molar refractivity (Wildman–Crippen MR) is 104 cm³/mol. The third-order valence-corrected chi connectivity index (χ3v) is 5.65. The molecule has 1 atom stereocenters. The van der Waals surface area contributed by atoms with Gasteiger partial charge in [0.1, 0.15) is 5.69 Å². The fourth-order valence-electron chi connectivity index (χ4n) is 3.48. The van der Waals surface area contributed by atoms with Crippen molar-refractivity contribution in [3.05, 3.63) is 44.9 Å². The van der Waals surface area contributed by atoms with E-state index in [0.29, 0.717) is 42.2 Å². The van der Waals surface area contributed by atoms with Crippen LogP contribution < -0.4 is 0 Å². The number of carbonyl (C=O) groups excluding carboxylic acids is 2. The Morgan fingerprint density at radius 2 is 2.22 bits per heavy atom. The van der Waals surface area contributed by atoms with Crippen molar-refractivity contribution < 1.29 is 19.1 Å². The smallest absolute Gasteiger partial charge is 0.340 e. The molecule has 1 amide bonds. The first-order chi connectivity index (χ1) is 13.0. The number of hydrogen-bond acceptors (Lipinski definition) is 5. The highest BCUT2D eigenvalue weighted by molar-refractivity contribution is 7.09. The third kappa shape index (κ3) is 4.42. The van der Waals surface area contributed by atoms with Gasteiger partial charge in [-0.05, 0) is 50.6 Å². The first-order valence-corrected chi connectivity index (χ1v) is 10.2. The Bertz CT molecular complexity index is 791. The van der Waals surface area contributed by atoms with Crippen LogP contribution in [0.2, 0.25) is 0 Å². The SMILES string of the molecule is CCOC(=O)c1c(C)[nH]c(C(=O)N(Cc2cccs2)CC2CCCO2)c1C. The highest BCUT2D eigenvalue weighted by atomic mass is 32.1. The molecule has 7 heteroatoms. The number of nitrogens with one attached hydrogen (secondary N) is 1. The molecule has 1 unspecified atom stereocenters. The normalized spacial score (nSPS) is 16.5. The molecule has 27 heavy (non-hydrogen) atoms. The molecule has 0 aliphatic carbocycles. The molecule has 1 N–H and O–H groups in total. The van der Waals surface area contributed by atoms with E-state index in [-0.39, 0.29) is 12.0 Å². The number of amides is 1. The number of aryl methyl sites for hydroxylation is 1. The monoisotopic (exact) mass is 390 g/mol. The van der Waals surface area contributed by atoms with Gasteiger partial charge in [0.05, 0.1) is 24.8 Å². The van der Waals surface area contributed by atoms with Crippen LogP contribution in [-0.4, -0.2) is 47.6 Å². The van der Waals surface area contributed by atoms with Crippen LogP contribution in [0.5, 0.6) is 0 Å². The number of aromatic nitrogens is 1. The quantitative estimate of drug-likeness (QED) is 0.732. The van der Waals surface area contributed by atoms with Gasteiger partial charge in [0.15, 0.2) is 0 Å². The number of nitrogens with zero attached hydrogens (tertiary/aromatic N) is 1. The van der Waals surface area contributed by atoms with E-state index in [4.69, 9.17) is 9.47 Å². The Balaban J connectivity index is 1.86. The second-order valence-corrected chi connectivity index (χ2v) is 7.78. The summed E-state index contributed by atoms with van der Waals surface area (Å²) in [6.07, 6.45) is 2.06. The lowest BCUT2D eigenvalue weighted by Crippen LogP contribution is -2.37. The number of carbonyl (C=O) groups is 2. The number of ether oxygens (including phenoxy) is 2. The van der Waals surface area contributed by atoms with Gasteiger partial charge in [0, 0.05) is 23.7 Å². The van der Waals surface area contributed by atoms with Crippen molar-refractivity contribution in [2.24, 2.45) is 0 Å². The molecule has 2 aromatic rings. The molecule has 2 aromatic heterocycles. The van der Waals surface area contributed by atoms with Gasteiger partial charge in [-0.25, -0.2) is 4.79 Å². The second-order valence-electron chi connectivity index (χ2n) is 6.75. The summed E-state index contributed by atoms with van der Waals surface area (Å²) in [4.78, 5) is 31.6. The summed E-state index contributed by atoms with van der Waals surface area (Å²) < 4.78 is 10.9. The maximum Gasteiger partial charge on any atom is 0.340 e. The Hall–Kier alpha value is -2.12. The second kappa shape index (κ2) is 8.71. The van der Waals surface area contributed by atoms with E-state index in [2.05, 4.69) is 4.98 Å². The van der Waals surface area contributed by atoms with E-state index >= 15 is 0 Å². The van der Waals surface area contributed by atoms with Gasteiger partial charge in [-0.1, -0.05) is 6.07 Å². The highest BCUT2D eigenvalue weighted by Gasteiger charge is 2.28. The molecular formula is C20H26N2O4S. The van der Waals surface area contributed by atoms with Crippen molar-refractivity contribution >= 4 is 23.2 Å². The molecule has 1 aliphatic heterocycles. The minimum absolute atomic E-state index is 0.0646. The molecular weight excluding hydrogens is 364 g/mol. The first kappa shape index (κ1) is 19.6. The average molecular weight is 391 g/mol. The summed E-state index contributed by atoms with van der Waals surface area (Å²) in [5, 5.41) is 2.01. The molecule has 1 aliphatic rings. The third-order valence-electron chi connectivity index (χ3n) is 4.79. The maximum atomic E-state index is 13.3. The lowest BCUT2D eigenvalue weighted by Gasteiger charge is -2.25. The van der Waals surface area contributed by atoms with Crippen LogP contribution in [0.1, 0.15) is 56.7 Å². The fourth-order valence-corrected chi connectivity index (χ4v) is 4.19. The van der Waals surface area contributed by atoms with E-state index in [1.165, 1.54) is 0 Å². The molecule has 0 saturated carbocycles. The molecule has 6 nitrogen and oxygen atoms in total. The summed E-state index contributed by atoms with van der Waals surface area (Å²) in [5.74, 6) is -0.512. The largest absolute Gasteiger partial charge is 0.462 e. The number of hydrogen-bond donors (Lipinski definition) is 1. The molecule has 3 rings (SSSR count). The van der Waals surface area contributed by atoms with E-state index in [1.54, 1.807) is 32.1 Å². The van der Waals surface area contributed by atoms with Crippen LogP contribution in [0.4, 0.5) is 0 Å². The number of aromatic amines is 1. The summed E-state index contributed by atoms with van der Waals surface area (Å²) in [7, 11) is 0. The fraction of sp³-hybridized carbons (Fsp3) is 0.500. The van der Waals surface area contributed by atoms with Gasteiger partial charge in [-0.15, -0.1) is 11.3 Å². The number of esters is 1. The molecule has 3 heterocycles. The minimum atomic E-state index is -0.397. The lowest BCUT2D eigenvalue weighted by molar-refractivity contribution is 0.0505. The van der Waals surface area contributed by atoms with Crippen LogP contribution in [0.25, 0.3) is 0 Å². The zero-order valence-corrected chi connectivity index (χ0v) is 16.9. The standard InChI is InChI=1S/C20H26N2O4S/c1-4-25-20(24)17-13(2)18(21-14(17)3)19(23)22(11-15-7-5-9-26-15)12-16-8-6-10-27-16/h6,8,10,15,21H,4-5,7,9,11-12H2,1-3H3. The van der Waals surface area contributed by atoms with Crippen molar-refractivity contribution in [1.82, 2.24) is 9.88 Å². The highest BCUT2D eigenvalue weighted by Crippen LogP contribution is 2.23. The Labute approximate surface area is 163 Å². The zero-order chi connectivity index (χ0) is 19.4. The molecule has 1 fully saturated rings. The predicted octanol–water partition coefficient (Wildman–Crippen LogP) is 3.69. The van der Waals surface area contributed by atoms with Gasteiger partial charge in [0.2, 0.25) is 0 Å². The summed E-state index contributed by atoms with van der Waals surface area (Å²) in [6, 6.07) is 4.01. The number of H-pyrrole nitrogens is 1.